The fraction of sp³-hybridized carbons (Fsp3) is 0.667. The van der Waals surface area contributed by atoms with Crippen LogP contribution in [0.3, 0.4) is 0 Å². The second-order valence-electron chi connectivity index (χ2n) is 6.57. The van der Waals surface area contributed by atoms with Gasteiger partial charge in [-0.25, -0.2) is 0 Å². The third-order valence-electron chi connectivity index (χ3n) is 4.22. The van der Waals surface area contributed by atoms with Gasteiger partial charge in [-0.05, 0) is 46.7 Å². The highest BCUT2D eigenvalue weighted by molar-refractivity contribution is 5.30. The Bertz CT molecular complexity index is 430. The van der Waals surface area contributed by atoms with Crippen molar-refractivity contribution in [2.45, 2.75) is 52.4 Å². The fourth-order valence-corrected chi connectivity index (χ4v) is 3.47. The molecule has 21 heavy (non-hydrogen) atoms. The molecular formula is C18H30N2O. The predicted molar refractivity (Wildman–Crippen MR) is 88.8 cm³/mol. The Morgan fingerprint density at radius 1 is 1.14 bits per heavy atom. The third-order valence-corrected chi connectivity index (χ3v) is 4.22. The van der Waals surface area contributed by atoms with E-state index in [0.29, 0.717) is 18.2 Å². The number of nitrogens with one attached hydrogen (secondary N) is 1. The van der Waals surface area contributed by atoms with E-state index in [1.807, 2.05) is 0 Å². The average molecular weight is 290 g/mol. The lowest BCUT2D eigenvalue weighted by molar-refractivity contribution is -0.0685. The number of hydrogen-bond acceptors (Lipinski definition) is 3. The summed E-state index contributed by atoms with van der Waals surface area (Å²) in [5.74, 6) is 0. The largest absolute Gasteiger partial charge is 0.373 e. The summed E-state index contributed by atoms with van der Waals surface area (Å²) < 4.78 is 5.81. The molecule has 3 heteroatoms. The van der Waals surface area contributed by atoms with Gasteiger partial charge in [0.15, 0.2) is 0 Å². The van der Waals surface area contributed by atoms with Gasteiger partial charge in [-0.2, -0.15) is 0 Å². The Labute approximate surface area is 129 Å². The number of rotatable bonds is 5. The molecule has 0 spiro atoms. The second kappa shape index (κ2) is 7.39. The van der Waals surface area contributed by atoms with Crippen molar-refractivity contribution in [3.05, 3.63) is 34.9 Å². The normalized spacial score (nSPS) is 25.0. The monoisotopic (exact) mass is 290 g/mol. The van der Waals surface area contributed by atoms with Crippen LogP contribution < -0.4 is 5.32 Å². The zero-order chi connectivity index (χ0) is 15.4. The Hall–Kier alpha value is -0.900. The summed E-state index contributed by atoms with van der Waals surface area (Å²) in [4.78, 5) is 2.53. The van der Waals surface area contributed by atoms with Gasteiger partial charge in [-0.3, -0.25) is 4.90 Å². The summed E-state index contributed by atoms with van der Waals surface area (Å²) in [7, 11) is 2.06. The fourth-order valence-electron chi connectivity index (χ4n) is 3.47. The summed E-state index contributed by atoms with van der Waals surface area (Å²) in [6.07, 6.45) is 1.84. The van der Waals surface area contributed by atoms with Crippen LogP contribution in [0.25, 0.3) is 0 Å². The summed E-state index contributed by atoms with van der Waals surface area (Å²) in [5.41, 5.74) is 4.10. The number of morpholine rings is 1. The van der Waals surface area contributed by atoms with E-state index in [-0.39, 0.29) is 0 Å². The zero-order valence-corrected chi connectivity index (χ0v) is 14.1. The first-order valence-corrected chi connectivity index (χ1v) is 8.11. The highest BCUT2D eigenvalue weighted by Crippen LogP contribution is 2.21. The Balaban J connectivity index is 1.96. The van der Waals surface area contributed by atoms with Crippen molar-refractivity contribution in [3.63, 3.8) is 0 Å². The first-order valence-electron chi connectivity index (χ1n) is 8.11. The minimum atomic E-state index is 0.350. The van der Waals surface area contributed by atoms with E-state index in [1.165, 1.54) is 16.7 Å². The van der Waals surface area contributed by atoms with Crippen molar-refractivity contribution in [1.29, 1.82) is 0 Å². The van der Waals surface area contributed by atoms with E-state index >= 15 is 0 Å². The quantitative estimate of drug-likeness (QED) is 0.902. The lowest BCUT2D eigenvalue weighted by Crippen LogP contribution is -2.46. The Morgan fingerprint density at radius 2 is 1.71 bits per heavy atom. The van der Waals surface area contributed by atoms with Gasteiger partial charge in [0.2, 0.25) is 0 Å². The van der Waals surface area contributed by atoms with Crippen molar-refractivity contribution < 1.29 is 4.74 Å². The molecule has 0 radical (unpaired) electrons. The van der Waals surface area contributed by atoms with E-state index in [0.717, 1.165) is 26.1 Å². The smallest absolute Gasteiger partial charge is 0.0678 e. The van der Waals surface area contributed by atoms with Gasteiger partial charge in [-0.1, -0.05) is 29.3 Å². The summed E-state index contributed by atoms with van der Waals surface area (Å²) in [6.45, 7) is 11.9. The Morgan fingerprint density at radius 3 is 2.24 bits per heavy atom. The van der Waals surface area contributed by atoms with E-state index < -0.39 is 0 Å². The number of aryl methyl sites for hydroxylation is 2. The van der Waals surface area contributed by atoms with E-state index in [1.54, 1.807) is 0 Å². The van der Waals surface area contributed by atoms with Crippen LogP contribution in [-0.2, 0) is 4.74 Å². The molecule has 1 unspecified atom stereocenters. The van der Waals surface area contributed by atoms with Crippen molar-refractivity contribution in [1.82, 2.24) is 10.2 Å². The van der Waals surface area contributed by atoms with Crippen LogP contribution in [0.5, 0.6) is 0 Å². The zero-order valence-electron chi connectivity index (χ0n) is 14.1. The molecule has 118 valence electrons. The Kier molecular flexibility index (Phi) is 5.80. The van der Waals surface area contributed by atoms with Crippen LogP contribution in [0.1, 0.15) is 43.0 Å². The van der Waals surface area contributed by atoms with Crippen LogP contribution >= 0.6 is 0 Å². The van der Waals surface area contributed by atoms with Gasteiger partial charge in [0, 0.05) is 25.7 Å². The van der Waals surface area contributed by atoms with Gasteiger partial charge >= 0.3 is 0 Å². The van der Waals surface area contributed by atoms with Crippen molar-refractivity contribution in [3.8, 4) is 0 Å². The highest BCUT2D eigenvalue weighted by atomic mass is 16.5. The molecule has 1 aliphatic rings. The van der Waals surface area contributed by atoms with Crippen LogP contribution in [0.15, 0.2) is 18.2 Å². The van der Waals surface area contributed by atoms with Gasteiger partial charge in [-0.15, -0.1) is 0 Å². The molecule has 0 amide bonds. The molecule has 2 rings (SSSR count). The molecular weight excluding hydrogens is 260 g/mol. The number of benzene rings is 1. The van der Waals surface area contributed by atoms with Crippen LogP contribution in [0, 0.1) is 13.8 Å². The molecule has 0 aromatic heterocycles. The topological polar surface area (TPSA) is 24.5 Å². The number of hydrogen-bond donors (Lipinski definition) is 1. The van der Waals surface area contributed by atoms with Crippen molar-refractivity contribution in [2.24, 2.45) is 0 Å². The van der Waals surface area contributed by atoms with Crippen LogP contribution in [0.2, 0.25) is 0 Å². The summed E-state index contributed by atoms with van der Waals surface area (Å²) in [6, 6.07) is 7.27. The molecule has 1 N–H and O–H groups in total. The lowest BCUT2D eigenvalue weighted by atomic mass is 9.99. The van der Waals surface area contributed by atoms with Gasteiger partial charge in [0.25, 0.3) is 0 Å². The molecule has 1 heterocycles. The molecule has 0 bridgehead atoms. The lowest BCUT2D eigenvalue weighted by Gasteiger charge is -2.36. The van der Waals surface area contributed by atoms with E-state index in [2.05, 4.69) is 63.2 Å². The molecule has 3 atom stereocenters. The van der Waals surface area contributed by atoms with E-state index in [4.69, 9.17) is 4.74 Å². The number of nitrogens with zero attached hydrogens (tertiary/aromatic N) is 1. The standard InChI is InChI=1S/C18H30N2O/c1-13-8-14(2)10-17(9-13)18(19-5)6-7-20-11-15(3)21-16(4)12-20/h8-10,15-16,18-19H,6-7,11-12H2,1-5H3/t15-,16+,18?. The first-order chi connectivity index (χ1) is 9.97. The van der Waals surface area contributed by atoms with Crippen LogP contribution in [-0.4, -0.2) is 43.8 Å². The highest BCUT2D eigenvalue weighted by Gasteiger charge is 2.22. The molecule has 1 saturated heterocycles. The SMILES string of the molecule is CNC(CCN1C[C@@H](C)O[C@@H](C)C1)c1cc(C)cc(C)c1. The molecule has 1 aromatic carbocycles. The van der Waals surface area contributed by atoms with Gasteiger partial charge in [0.1, 0.15) is 0 Å². The maximum Gasteiger partial charge on any atom is 0.0678 e. The molecule has 0 saturated carbocycles. The molecule has 1 aliphatic heterocycles. The van der Waals surface area contributed by atoms with Gasteiger partial charge < -0.3 is 10.1 Å². The maximum absolute atomic E-state index is 5.81. The van der Waals surface area contributed by atoms with E-state index in [9.17, 15) is 0 Å². The predicted octanol–water partition coefficient (Wildman–Crippen LogP) is 3.06. The summed E-state index contributed by atoms with van der Waals surface area (Å²) in [5, 5.41) is 3.48. The summed E-state index contributed by atoms with van der Waals surface area (Å²) >= 11 is 0. The molecule has 3 nitrogen and oxygen atoms in total. The average Bonchev–Trinajstić information content (AvgIpc) is 2.37. The molecule has 1 fully saturated rings. The van der Waals surface area contributed by atoms with Crippen molar-refractivity contribution in [2.75, 3.05) is 26.7 Å². The van der Waals surface area contributed by atoms with Crippen molar-refractivity contribution >= 4 is 0 Å². The van der Waals surface area contributed by atoms with Crippen LogP contribution in [0.4, 0.5) is 0 Å². The third kappa shape index (κ3) is 4.80. The minimum absolute atomic E-state index is 0.350. The van der Waals surface area contributed by atoms with Gasteiger partial charge in [0.05, 0.1) is 12.2 Å². The first kappa shape index (κ1) is 16.5. The maximum atomic E-state index is 5.81. The minimum Gasteiger partial charge on any atom is -0.373 e. The second-order valence-corrected chi connectivity index (χ2v) is 6.57. The molecule has 1 aromatic rings. The molecule has 0 aliphatic carbocycles. The number of ether oxygens (including phenoxy) is 1.